The van der Waals surface area contributed by atoms with E-state index in [-0.39, 0.29) is 0 Å². The monoisotopic (exact) mass is 382 g/mol. The molecule has 3 heterocycles. The van der Waals surface area contributed by atoms with Crippen molar-refractivity contribution in [2.75, 3.05) is 18.4 Å². The van der Waals surface area contributed by atoms with E-state index in [1.807, 2.05) is 0 Å². The molecular formula is C20H22N4O2S. The molecule has 27 heavy (non-hydrogen) atoms. The van der Waals surface area contributed by atoms with Gasteiger partial charge in [-0.15, -0.1) is 0 Å². The highest BCUT2D eigenvalue weighted by Gasteiger charge is 2.42. The van der Waals surface area contributed by atoms with Crippen molar-refractivity contribution >= 4 is 29.2 Å². The van der Waals surface area contributed by atoms with E-state index < -0.39 is 5.97 Å². The Morgan fingerprint density at radius 1 is 1.22 bits per heavy atom. The van der Waals surface area contributed by atoms with Crippen molar-refractivity contribution in [3.05, 3.63) is 36.2 Å². The summed E-state index contributed by atoms with van der Waals surface area (Å²) in [7, 11) is 0. The molecule has 1 saturated heterocycles. The normalized spacial score (nSPS) is 26.1. The number of aliphatic carboxylic acids is 1. The van der Waals surface area contributed by atoms with Crippen LogP contribution < -0.4 is 5.32 Å². The maximum absolute atomic E-state index is 11.2. The van der Waals surface area contributed by atoms with Gasteiger partial charge in [-0.25, -0.2) is 9.97 Å². The zero-order valence-electron chi connectivity index (χ0n) is 15.0. The van der Waals surface area contributed by atoms with Crippen LogP contribution in [0.25, 0.3) is 0 Å². The van der Waals surface area contributed by atoms with Gasteiger partial charge in [0.15, 0.2) is 5.82 Å². The summed E-state index contributed by atoms with van der Waals surface area (Å²) in [5, 5.41) is 13.5. The Labute approximate surface area is 162 Å². The van der Waals surface area contributed by atoms with Gasteiger partial charge in [0.1, 0.15) is 5.03 Å². The van der Waals surface area contributed by atoms with Crippen LogP contribution in [0.3, 0.4) is 0 Å². The van der Waals surface area contributed by atoms with Crippen LogP contribution in [0.1, 0.15) is 24.8 Å². The highest BCUT2D eigenvalue weighted by molar-refractivity contribution is 7.99. The number of nitrogens with one attached hydrogen (secondary N) is 1. The van der Waals surface area contributed by atoms with Crippen LogP contribution in [0.4, 0.5) is 11.5 Å². The van der Waals surface area contributed by atoms with Crippen LogP contribution in [0, 0.1) is 17.8 Å². The number of fused-ring (bicyclic) bond motifs is 4. The van der Waals surface area contributed by atoms with Crippen LogP contribution >= 0.6 is 11.8 Å². The summed E-state index contributed by atoms with van der Waals surface area (Å²) in [6, 6.07) is 6.57. The predicted molar refractivity (Wildman–Crippen MR) is 103 cm³/mol. The van der Waals surface area contributed by atoms with E-state index in [2.05, 4.69) is 38.4 Å². The molecule has 5 rings (SSSR count). The standard InChI is InChI=1S/C20H22N4O2S/c25-18(26)8-15-13-2-3-14(15)11-24(10-13)9-12-1-4-17-16(7-12)23-19-20(27-17)22-6-5-21-19/h1,4-7,13-15H,2-3,8-11H2,(H,21,23)(H,25,26)/t13-,14+,15?. The molecule has 1 aromatic carbocycles. The molecule has 1 saturated carbocycles. The molecule has 2 aromatic rings. The van der Waals surface area contributed by atoms with Crippen molar-refractivity contribution in [2.24, 2.45) is 17.8 Å². The first kappa shape index (κ1) is 17.0. The number of hydrogen-bond donors (Lipinski definition) is 2. The first-order valence-corrected chi connectivity index (χ1v) is 10.3. The topological polar surface area (TPSA) is 78.4 Å². The second-order valence-electron chi connectivity index (χ2n) is 7.82. The number of benzene rings is 1. The molecule has 0 radical (unpaired) electrons. The number of nitrogens with zero attached hydrogens (tertiary/aromatic N) is 3. The Bertz CT molecular complexity index is 876. The van der Waals surface area contributed by atoms with Gasteiger partial charge in [0, 0.05) is 43.3 Å². The number of carbonyl (C=O) groups is 1. The molecule has 2 fully saturated rings. The van der Waals surface area contributed by atoms with Crippen LogP contribution in [-0.2, 0) is 11.3 Å². The largest absolute Gasteiger partial charge is 0.481 e. The first-order chi connectivity index (χ1) is 13.2. The van der Waals surface area contributed by atoms with E-state index in [4.69, 9.17) is 0 Å². The fourth-order valence-electron chi connectivity index (χ4n) is 4.93. The summed E-state index contributed by atoms with van der Waals surface area (Å²) in [6.45, 7) is 2.95. The molecule has 3 atom stereocenters. The molecule has 3 aliphatic rings. The molecule has 2 N–H and O–H groups in total. The fourth-order valence-corrected chi connectivity index (χ4v) is 5.81. The maximum Gasteiger partial charge on any atom is 0.303 e. The van der Waals surface area contributed by atoms with Gasteiger partial charge < -0.3 is 10.4 Å². The molecule has 1 unspecified atom stereocenters. The lowest BCUT2D eigenvalue weighted by atomic mass is 9.82. The van der Waals surface area contributed by atoms with Gasteiger partial charge in [-0.2, -0.15) is 0 Å². The number of piperidine rings is 1. The molecule has 7 heteroatoms. The second-order valence-corrected chi connectivity index (χ2v) is 8.85. The van der Waals surface area contributed by atoms with E-state index in [0.29, 0.717) is 24.2 Å². The van der Waals surface area contributed by atoms with Crippen molar-refractivity contribution in [2.45, 2.75) is 35.7 Å². The number of hydrogen-bond acceptors (Lipinski definition) is 6. The summed E-state index contributed by atoms with van der Waals surface area (Å²) < 4.78 is 0. The van der Waals surface area contributed by atoms with E-state index in [0.717, 1.165) is 36.2 Å². The molecule has 1 aliphatic carbocycles. The lowest BCUT2D eigenvalue weighted by molar-refractivity contribution is -0.139. The first-order valence-electron chi connectivity index (χ1n) is 9.48. The van der Waals surface area contributed by atoms with E-state index in [9.17, 15) is 9.90 Å². The van der Waals surface area contributed by atoms with Gasteiger partial charge in [0.05, 0.1) is 5.69 Å². The lowest BCUT2D eigenvalue weighted by Gasteiger charge is -2.37. The molecule has 2 aliphatic heterocycles. The minimum absolute atomic E-state index is 0.337. The molecule has 0 spiro atoms. The third kappa shape index (κ3) is 3.30. The van der Waals surface area contributed by atoms with Gasteiger partial charge in [-0.05, 0) is 48.3 Å². The second kappa shape index (κ2) is 6.80. The lowest BCUT2D eigenvalue weighted by Crippen LogP contribution is -2.42. The average molecular weight is 382 g/mol. The smallest absolute Gasteiger partial charge is 0.303 e. The van der Waals surface area contributed by atoms with Crippen molar-refractivity contribution in [1.29, 1.82) is 0 Å². The van der Waals surface area contributed by atoms with Gasteiger partial charge in [0.2, 0.25) is 0 Å². The Hall–Kier alpha value is -2.12. The highest BCUT2D eigenvalue weighted by atomic mass is 32.2. The molecule has 140 valence electrons. The third-order valence-electron chi connectivity index (χ3n) is 6.09. The van der Waals surface area contributed by atoms with Crippen molar-refractivity contribution in [1.82, 2.24) is 14.9 Å². The number of anilines is 2. The minimum Gasteiger partial charge on any atom is -0.481 e. The zero-order valence-corrected chi connectivity index (χ0v) is 15.8. The SMILES string of the molecule is O=C(O)CC1[C@@H]2CC[C@H]1CN(Cc1ccc3c(c1)Nc1nccnc1S3)C2. The van der Waals surface area contributed by atoms with Crippen molar-refractivity contribution in [3.63, 3.8) is 0 Å². The van der Waals surface area contributed by atoms with E-state index in [1.165, 1.54) is 23.3 Å². The molecule has 1 aromatic heterocycles. The van der Waals surface area contributed by atoms with E-state index in [1.54, 1.807) is 24.2 Å². The zero-order chi connectivity index (χ0) is 18.4. The van der Waals surface area contributed by atoms with Crippen LogP contribution in [-0.4, -0.2) is 39.0 Å². The number of carboxylic acid groups (broad SMARTS) is 1. The van der Waals surface area contributed by atoms with Gasteiger partial charge in [-0.1, -0.05) is 17.8 Å². The quantitative estimate of drug-likeness (QED) is 0.713. The average Bonchev–Trinajstić information content (AvgIpc) is 2.88. The van der Waals surface area contributed by atoms with Gasteiger partial charge in [-0.3, -0.25) is 9.69 Å². The number of likely N-dealkylation sites (tertiary alicyclic amines) is 1. The number of rotatable bonds is 4. The van der Waals surface area contributed by atoms with Gasteiger partial charge in [0.25, 0.3) is 0 Å². The Balaban J connectivity index is 1.29. The molecule has 6 nitrogen and oxygen atoms in total. The van der Waals surface area contributed by atoms with Crippen LogP contribution in [0.5, 0.6) is 0 Å². The van der Waals surface area contributed by atoms with Crippen LogP contribution in [0.2, 0.25) is 0 Å². The van der Waals surface area contributed by atoms with Crippen molar-refractivity contribution < 1.29 is 9.90 Å². The van der Waals surface area contributed by atoms with Crippen LogP contribution in [0.15, 0.2) is 40.5 Å². The summed E-state index contributed by atoms with van der Waals surface area (Å²) in [5.41, 5.74) is 2.37. The Morgan fingerprint density at radius 3 is 2.78 bits per heavy atom. The molecular weight excluding hydrogens is 360 g/mol. The Morgan fingerprint density at radius 2 is 2.00 bits per heavy atom. The molecule has 0 amide bonds. The number of aromatic nitrogens is 2. The summed E-state index contributed by atoms with van der Waals surface area (Å²) >= 11 is 1.65. The predicted octanol–water partition coefficient (Wildman–Crippen LogP) is 3.62. The third-order valence-corrected chi connectivity index (χ3v) is 7.16. The van der Waals surface area contributed by atoms with E-state index >= 15 is 0 Å². The summed E-state index contributed by atoms with van der Waals surface area (Å²) in [5.74, 6) is 1.61. The maximum atomic E-state index is 11.2. The van der Waals surface area contributed by atoms with Crippen molar-refractivity contribution in [3.8, 4) is 0 Å². The minimum atomic E-state index is -0.646. The summed E-state index contributed by atoms with van der Waals surface area (Å²) in [6.07, 6.45) is 6.12. The highest BCUT2D eigenvalue weighted by Crippen LogP contribution is 2.45. The summed E-state index contributed by atoms with van der Waals surface area (Å²) in [4.78, 5) is 23.6. The number of carboxylic acids is 1. The Kier molecular flexibility index (Phi) is 4.28. The fraction of sp³-hybridized carbons (Fsp3) is 0.450. The molecule has 2 bridgehead atoms. The van der Waals surface area contributed by atoms with Gasteiger partial charge >= 0.3 is 5.97 Å².